The maximum Gasteiger partial charge on any atom is 0.339 e. The molecule has 7 nitrogen and oxygen atoms in total. The SMILES string of the molecule is Cc1cc(-n2c(C)cc(C(=O)COC(=O)c3ccccc3SCc3cscn3)c2C)no1. The molecule has 1 aromatic carbocycles. The molecule has 0 spiro atoms. The highest BCUT2D eigenvalue weighted by Crippen LogP contribution is 2.27. The van der Waals surface area contributed by atoms with Gasteiger partial charge in [-0.1, -0.05) is 17.3 Å². The maximum atomic E-state index is 12.8. The minimum Gasteiger partial charge on any atom is -0.454 e. The lowest BCUT2D eigenvalue weighted by Gasteiger charge is -2.09. The van der Waals surface area contributed by atoms with Crippen LogP contribution in [0.5, 0.6) is 0 Å². The second kappa shape index (κ2) is 9.54. The zero-order valence-electron chi connectivity index (χ0n) is 17.8. The molecule has 0 aliphatic heterocycles. The number of ether oxygens (including phenoxy) is 1. The van der Waals surface area contributed by atoms with E-state index in [1.54, 1.807) is 29.8 Å². The monoisotopic (exact) mass is 467 g/mol. The summed E-state index contributed by atoms with van der Waals surface area (Å²) in [6.07, 6.45) is 0. The summed E-state index contributed by atoms with van der Waals surface area (Å²) in [5.74, 6) is 1.15. The lowest BCUT2D eigenvalue weighted by molar-refractivity contribution is 0.0471. The Bertz CT molecular complexity index is 1260. The Morgan fingerprint density at radius 3 is 2.69 bits per heavy atom. The van der Waals surface area contributed by atoms with Crippen molar-refractivity contribution in [3.05, 3.63) is 81.3 Å². The molecule has 0 atom stereocenters. The van der Waals surface area contributed by atoms with Crippen LogP contribution in [0.2, 0.25) is 0 Å². The van der Waals surface area contributed by atoms with Crippen LogP contribution in [0.25, 0.3) is 5.82 Å². The average molecular weight is 468 g/mol. The van der Waals surface area contributed by atoms with Gasteiger partial charge in [-0.15, -0.1) is 23.1 Å². The summed E-state index contributed by atoms with van der Waals surface area (Å²) in [5.41, 5.74) is 5.22. The van der Waals surface area contributed by atoms with Crippen molar-refractivity contribution in [1.29, 1.82) is 0 Å². The number of esters is 1. The van der Waals surface area contributed by atoms with Crippen molar-refractivity contribution in [3.63, 3.8) is 0 Å². The first-order chi connectivity index (χ1) is 15.4. The molecule has 0 saturated heterocycles. The highest BCUT2D eigenvalue weighted by molar-refractivity contribution is 7.98. The van der Waals surface area contributed by atoms with Crippen LogP contribution in [-0.2, 0) is 10.5 Å². The first-order valence-electron chi connectivity index (χ1n) is 9.86. The normalized spacial score (nSPS) is 11.0. The Morgan fingerprint density at radius 2 is 1.97 bits per heavy atom. The number of carbonyl (C=O) groups is 2. The van der Waals surface area contributed by atoms with Gasteiger partial charge in [0.2, 0.25) is 5.78 Å². The molecular formula is C23H21N3O4S2. The van der Waals surface area contributed by atoms with Gasteiger partial charge < -0.3 is 9.26 Å². The van der Waals surface area contributed by atoms with E-state index in [2.05, 4.69) is 10.1 Å². The van der Waals surface area contributed by atoms with Crippen LogP contribution in [0.4, 0.5) is 0 Å². The van der Waals surface area contributed by atoms with Crippen LogP contribution in [-0.4, -0.2) is 33.1 Å². The zero-order chi connectivity index (χ0) is 22.7. The van der Waals surface area contributed by atoms with Crippen molar-refractivity contribution in [2.24, 2.45) is 0 Å². The summed E-state index contributed by atoms with van der Waals surface area (Å²) in [7, 11) is 0. The number of thiazole rings is 1. The molecule has 4 rings (SSSR count). The molecular weight excluding hydrogens is 446 g/mol. The summed E-state index contributed by atoms with van der Waals surface area (Å²) in [6.45, 7) is 5.18. The third-order valence-electron chi connectivity index (χ3n) is 4.88. The number of carbonyl (C=O) groups excluding carboxylic acids is 2. The average Bonchev–Trinajstić information content (AvgIpc) is 3.51. The van der Waals surface area contributed by atoms with Gasteiger partial charge in [0.1, 0.15) is 5.76 Å². The van der Waals surface area contributed by atoms with E-state index in [1.807, 2.05) is 42.9 Å². The number of hydrogen-bond donors (Lipinski definition) is 0. The van der Waals surface area contributed by atoms with Gasteiger partial charge in [-0.3, -0.25) is 9.36 Å². The van der Waals surface area contributed by atoms with E-state index in [0.29, 0.717) is 28.5 Å². The Morgan fingerprint density at radius 1 is 1.16 bits per heavy atom. The molecule has 0 unspecified atom stereocenters. The molecule has 0 aliphatic carbocycles. The molecule has 0 saturated carbocycles. The fraction of sp³-hybridized carbons (Fsp3) is 0.217. The predicted molar refractivity (Wildman–Crippen MR) is 123 cm³/mol. The highest BCUT2D eigenvalue weighted by Gasteiger charge is 2.21. The Hall–Kier alpha value is -3.17. The Balaban J connectivity index is 1.44. The molecule has 0 fully saturated rings. The number of rotatable bonds is 8. The fourth-order valence-electron chi connectivity index (χ4n) is 3.36. The summed E-state index contributed by atoms with van der Waals surface area (Å²) in [5, 5.41) is 6.00. The van der Waals surface area contributed by atoms with Crippen LogP contribution in [0.15, 0.2) is 56.7 Å². The van der Waals surface area contributed by atoms with Gasteiger partial charge in [-0.05, 0) is 39.0 Å². The predicted octanol–water partition coefficient (Wildman–Crippen LogP) is 5.18. The lowest BCUT2D eigenvalue weighted by Crippen LogP contribution is -2.15. The quantitative estimate of drug-likeness (QED) is 0.200. The minimum absolute atomic E-state index is 0.273. The van der Waals surface area contributed by atoms with Gasteiger partial charge in [0, 0.05) is 39.0 Å². The molecule has 164 valence electrons. The third-order valence-corrected chi connectivity index (χ3v) is 6.62. The van der Waals surface area contributed by atoms with E-state index in [-0.39, 0.29) is 12.4 Å². The van der Waals surface area contributed by atoms with E-state index < -0.39 is 5.97 Å². The number of hydrogen-bond acceptors (Lipinski definition) is 8. The molecule has 0 radical (unpaired) electrons. The van der Waals surface area contributed by atoms with E-state index >= 15 is 0 Å². The smallest absolute Gasteiger partial charge is 0.339 e. The molecule has 9 heteroatoms. The highest BCUT2D eigenvalue weighted by atomic mass is 32.2. The number of benzene rings is 1. The van der Waals surface area contributed by atoms with Crippen molar-refractivity contribution >= 4 is 34.9 Å². The molecule has 0 bridgehead atoms. The van der Waals surface area contributed by atoms with Crippen molar-refractivity contribution in [1.82, 2.24) is 14.7 Å². The van der Waals surface area contributed by atoms with Crippen LogP contribution in [0.3, 0.4) is 0 Å². The summed E-state index contributed by atoms with van der Waals surface area (Å²) < 4.78 is 12.4. The first-order valence-corrected chi connectivity index (χ1v) is 11.8. The van der Waals surface area contributed by atoms with Crippen molar-refractivity contribution in [2.45, 2.75) is 31.4 Å². The number of aromatic nitrogens is 3. The molecule has 0 N–H and O–H groups in total. The molecule has 0 aliphatic rings. The number of ketones is 1. The van der Waals surface area contributed by atoms with E-state index in [9.17, 15) is 9.59 Å². The summed E-state index contributed by atoms with van der Waals surface area (Å²) >= 11 is 3.04. The number of thioether (sulfide) groups is 1. The van der Waals surface area contributed by atoms with E-state index in [0.717, 1.165) is 22.0 Å². The standard InChI is InChI=1S/C23H21N3O4S2/c1-14-8-19(16(3)26(14)22-9-15(2)30-25-22)20(27)10-29-23(28)18-6-4-5-7-21(18)32-12-17-11-31-13-24-17/h4-9,11,13H,10,12H2,1-3H3. The van der Waals surface area contributed by atoms with Gasteiger partial charge in [-0.2, -0.15) is 0 Å². The molecule has 4 aromatic rings. The number of nitrogens with zero attached hydrogens (tertiary/aromatic N) is 3. The fourth-order valence-corrected chi connectivity index (χ4v) is 4.97. The van der Waals surface area contributed by atoms with Crippen LogP contribution in [0, 0.1) is 20.8 Å². The molecule has 3 heterocycles. The topological polar surface area (TPSA) is 87.2 Å². The second-order valence-electron chi connectivity index (χ2n) is 7.18. The number of Topliss-reactive ketones (excluding diaryl/α,β-unsaturated/α-hetero) is 1. The summed E-state index contributed by atoms with van der Waals surface area (Å²) in [6, 6.07) is 10.8. The van der Waals surface area contributed by atoms with Crippen molar-refractivity contribution in [2.75, 3.05) is 6.61 Å². The van der Waals surface area contributed by atoms with Gasteiger partial charge in [0.05, 0.1) is 16.8 Å². The zero-order valence-corrected chi connectivity index (χ0v) is 19.5. The van der Waals surface area contributed by atoms with Gasteiger partial charge in [0.15, 0.2) is 12.4 Å². The van der Waals surface area contributed by atoms with Crippen LogP contribution >= 0.6 is 23.1 Å². The molecule has 0 amide bonds. The molecule has 32 heavy (non-hydrogen) atoms. The van der Waals surface area contributed by atoms with Gasteiger partial charge >= 0.3 is 5.97 Å². The van der Waals surface area contributed by atoms with Crippen LogP contribution in [0.1, 0.15) is 43.6 Å². The lowest BCUT2D eigenvalue weighted by atomic mass is 10.1. The minimum atomic E-state index is -0.527. The van der Waals surface area contributed by atoms with Crippen LogP contribution < -0.4 is 0 Å². The van der Waals surface area contributed by atoms with Crippen molar-refractivity contribution in [3.8, 4) is 5.82 Å². The van der Waals surface area contributed by atoms with Gasteiger partial charge in [0.25, 0.3) is 0 Å². The third kappa shape index (κ3) is 4.68. The van der Waals surface area contributed by atoms with E-state index in [4.69, 9.17) is 9.26 Å². The largest absolute Gasteiger partial charge is 0.454 e. The number of aryl methyl sites for hydroxylation is 2. The van der Waals surface area contributed by atoms with Gasteiger partial charge in [-0.25, -0.2) is 9.78 Å². The first kappa shape index (κ1) is 22.0. The Labute approximate surface area is 193 Å². The second-order valence-corrected chi connectivity index (χ2v) is 8.92. The van der Waals surface area contributed by atoms with Crippen molar-refractivity contribution < 1.29 is 18.8 Å². The molecule has 3 aromatic heterocycles. The maximum absolute atomic E-state index is 12.8. The summed E-state index contributed by atoms with van der Waals surface area (Å²) in [4.78, 5) is 30.6. The Kier molecular flexibility index (Phi) is 6.57. The van der Waals surface area contributed by atoms with E-state index in [1.165, 1.54) is 23.1 Å².